The Morgan fingerprint density at radius 3 is 2.91 bits per heavy atom. The van der Waals surface area contributed by atoms with Crippen molar-refractivity contribution < 1.29 is 9.59 Å². The quantitative estimate of drug-likeness (QED) is 0.477. The minimum Gasteiger partial charge on any atom is -0.343 e. The Balaban J connectivity index is 1.26. The first-order valence-corrected chi connectivity index (χ1v) is 11.6. The van der Waals surface area contributed by atoms with Crippen molar-refractivity contribution in [3.63, 3.8) is 0 Å². The van der Waals surface area contributed by atoms with Gasteiger partial charge in [-0.3, -0.25) is 9.59 Å². The number of nitrogens with one attached hydrogen (secondary N) is 1. The number of nitrogens with zero attached hydrogens (tertiary/aromatic N) is 6. The number of carbonyl (C=O) groups excluding carboxylic acids is 2. The van der Waals surface area contributed by atoms with Gasteiger partial charge in [-0.15, -0.1) is 0 Å². The van der Waals surface area contributed by atoms with Gasteiger partial charge in [-0.05, 0) is 55.2 Å². The monoisotopic (exact) mass is 455 g/mol. The molecule has 9 nitrogen and oxygen atoms in total. The van der Waals surface area contributed by atoms with E-state index < -0.39 is 0 Å². The number of fused-ring (bicyclic) bond motifs is 2. The maximum Gasteiger partial charge on any atom is 0.246 e. The van der Waals surface area contributed by atoms with Crippen LogP contribution in [-0.2, 0) is 9.59 Å². The molecule has 0 saturated carbocycles. The van der Waals surface area contributed by atoms with Crippen molar-refractivity contribution in [1.29, 1.82) is 0 Å². The predicted molar refractivity (Wildman–Crippen MR) is 127 cm³/mol. The smallest absolute Gasteiger partial charge is 0.246 e. The molecule has 1 N–H and O–H groups in total. The average molecular weight is 456 g/mol. The van der Waals surface area contributed by atoms with Crippen molar-refractivity contribution in [1.82, 2.24) is 34.6 Å². The summed E-state index contributed by atoms with van der Waals surface area (Å²) in [7, 11) is 0. The minimum atomic E-state index is -0.371. The van der Waals surface area contributed by atoms with Gasteiger partial charge in [-0.25, -0.2) is 4.98 Å². The van der Waals surface area contributed by atoms with E-state index in [4.69, 9.17) is 0 Å². The highest BCUT2D eigenvalue weighted by molar-refractivity contribution is 5.98. The van der Waals surface area contributed by atoms with Crippen molar-refractivity contribution in [2.45, 2.75) is 31.2 Å². The van der Waals surface area contributed by atoms with Crippen LogP contribution in [0.1, 0.15) is 30.9 Å². The molecular weight excluding hydrogens is 430 g/mol. The van der Waals surface area contributed by atoms with Crippen molar-refractivity contribution in [2.75, 3.05) is 19.6 Å². The molecule has 0 spiro atoms. The number of pyridine rings is 1. The van der Waals surface area contributed by atoms with Crippen molar-refractivity contribution in [3.05, 3.63) is 61.2 Å². The van der Waals surface area contributed by atoms with Crippen LogP contribution in [0.25, 0.3) is 27.7 Å². The number of likely N-dealkylation sites (tertiary alicyclic amines) is 2. The summed E-state index contributed by atoms with van der Waals surface area (Å²) in [5.74, 6) is 0.0780. The van der Waals surface area contributed by atoms with E-state index in [1.165, 1.54) is 6.08 Å². The number of H-pyrrole nitrogens is 1. The Morgan fingerprint density at radius 1 is 1.12 bits per heavy atom. The molecule has 2 aliphatic heterocycles. The molecule has 4 aromatic rings. The fraction of sp³-hybridized carbons (Fsp3) is 0.320. The number of aromatic nitrogens is 5. The zero-order valence-electron chi connectivity index (χ0n) is 18.7. The molecule has 0 radical (unpaired) electrons. The molecule has 2 atom stereocenters. The highest BCUT2D eigenvalue weighted by Gasteiger charge is 2.38. The van der Waals surface area contributed by atoms with Gasteiger partial charge in [0.2, 0.25) is 11.8 Å². The van der Waals surface area contributed by atoms with Crippen molar-refractivity contribution in [2.24, 2.45) is 0 Å². The van der Waals surface area contributed by atoms with E-state index in [9.17, 15) is 9.59 Å². The maximum atomic E-state index is 13.2. The van der Waals surface area contributed by atoms with E-state index >= 15 is 0 Å². The Hall–Kier alpha value is -4.01. The molecule has 6 heterocycles. The first-order chi connectivity index (χ1) is 16.6. The molecule has 0 aliphatic carbocycles. The lowest BCUT2D eigenvalue weighted by Gasteiger charge is -2.27. The third kappa shape index (κ3) is 3.27. The number of aromatic amines is 1. The second-order valence-electron chi connectivity index (χ2n) is 8.97. The van der Waals surface area contributed by atoms with Gasteiger partial charge in [0.1, 0.15) is 11.7 Å². The molecule has 2 saturated heterocycles. The Morgan fingerprint density at radius 2 is 2.03 bits per heavy atom. The number of amides is 2. The summed E-state index contributed by atoms with van der Waals surface area (Å²) >= 11 is 0. The first-order valence-electron chi connectivity index (χ1n) is 11.6. The van der Waals surface area contributed by atoms with Gasteiger partial charge in [0.25, 0.3) is 0 Å². The third-order valence-electron chi connectivity index (χ3n) is 7.08. The summed E-state index contributed by atoms with van der Waals surface area (Å²) < 4.78 is 1.62. The summed E-state index contributed by atoms with van der Waals surface area (Å²) in [6.07, 6.45) is 9.08. The molecule has 2 fully saturated rings. The van der Waals surface area contributed by atoms with Gasteiger partial charge in [-0.2, -0.15) is 14.8 Å². The Labute approximate surface area is 196 Å². The maximum absolute atomic E-state index is 13.2. The number of hydrogen-bond acceptors (Lipinski definition) is 5. The number of carbonyl (C=O) groups is 2. The molecule has 2 aliphatic rings. The number of rotatable bonds is 4. The standard InChI is InChI=1S/C25H25N7O2/c1-2-23(33)31-11-4-6-22(31)25(34)30-12-8-16(15-30)20-13-18-17(7-10-26-24(18)29-20)19-14-28-32-21(19)5-3-9-27-32/h2-3,5,7,9-10,13-14,16,22H,1,4,6,8,11-12,15H2,(H,26,29)/t16?,22-/m0/s1. The lowest BCUT2D eigenvalue weighted by molar-refractivity contribution is -0.140. The van der Waals surface area contributed by atoms with E-state index in [1.807, 2.05) is 29.3 Å². The van der Waals surface area contributed by atoms with E-state index in [0.29, 0.717) is 26.1 Å². The second kappa shape index (κ2) is 8.09. The average Bonchev–Trinajstić information content (AvgIpc) is 3.67. The summed E-state index contributed by atoms with van der Waals surface area (Å²) in [6.45, 7) is 5.51. The van der Waals surface area contributed by atoms with Gasteiger partial charge in [0, 0.05) is 54.6 Å². The van der Waals surface area contributed by atoms with Crippen LogP contribution in [-0.4, -0.2) is 72.1 Å². The van der Waals surface area contributed by atoms with Crippen LogP contribution < -0.4 is 0 Å². The van der Waals surface area contributed by atoms with Crippen LogP contribution in [0.4, 0.5) is 0 Å². The van der Waals surface area contributed by atoms with Crippen LogP contribution in [0.15, 0.2) is 55.5 Å². The zero-order valence-corrected chi connectivity index (χ0v) is 18.7. The van der Waals surface area contributed by atoms with E-state index in [1.54, 1.807) is 21.9 Å². The second-order valence-corrected chi connectivity index (χ2v) is 8.97. The van der Waals surface area contributed by atoms with Crippen LogP contribution in [0, 0.1) is 0 Å². The Bertz CT molecular complexity index is 1420. The molecule has 9 heteroatoms. The molecular formula is C25H25N7O2. The normalized spacial score (nSPS) is 20.5. The lowest BCUT2D eigenvalue weighted by atomic mass is 10.0. The van der Waals surface area contributed by atoms with Crippen LogP contribution in [0.5, 0.6) is 0 Å². The summed E-state index contributed by atoms with van der Waals surface area (Å²) in [4.78, 5) is 37.0. The van der Waals surface area contributed by atoms with Crippen molar-refractivity contribution >= 4 is 28.4 Å². The fourth-order valence-corrected chi connectivity index (χ4v) is 5.37. The molecule has 6 rings (SSSR count). The van der Waals surface area contributed by atoms with Gasteiger partial charge in [0.05, 0.1) is 11.7 Å². The fourth-order valence-electron chi connectivity index (χ4n) is 5.37. The molecule has 0 aromatic carbocycles. The minimum absolute atomic E-state index is 0.0454. The Kier molecular flexibility index (Phi) is 4.90. The predicted octanol–water partition coefficient (Wildman–Crippen LogP) is 2.77. The third-order valence-corrected chi connectivity index (χ3v) is 7.08. The molecule has 2 amide bonds. The van der Waals surface area contributed by atoms with E-state index in [-0.39, 0.29) is 23.8 Å². The largest absolute Gasteiger partial charge is 0.343 e. The summed E-state index contributed by atoms with van der Waals surface area (Å²) in [5, 5.41) is 9.67. The topological polar surface area (TPSA) is 99.5 Å². The van der Waals surface area contributed by atoms with Gasteiger partial charge < -0.3 is 14.8 Å². The van der Waals surface area contributed by atoms with Crippen LogP contribution >= 0.6 is 0 Å². The van der Waals surface area contributed by atoms with E-state index in [0.717, 1.165) is 46.2 Å². The summed E-state index contributed by atoms with van der Waals surface area (Å²) in [6, 6.07) is 7.68. The lowest BCUT2D eigenvalue weighted by Crippen LogP contribution is -2.46. The summed E-state index contributed by atoms with van der Waals surface area (Å²) in [5.41, 5.74) is 4.88. The first kappa shape index (κ1) is 20.6. The zero-order chi connectivity index (χ0) is 23.2. The molecule has 4 aromatic heterocycles. The SMILES string of the molecule is C=CC(=O)N1CCC[C@H]1C(=O)N1CCC(c2cc3c(-c4cnn5ncccc45)ccnc3[nH]2)C1. The molecule has 34 heavy (non-hydrogen) atoms. The highest BCUT2D eigenvalue weighted by Crippen LogP contribution is 2.35. The number of hydrogen-bond donors (Lipinski definition) is 1. The van der Waals surface area contributed by atoms with Gasteiger partial charge in [-0.1, -0.05) is 6.58 Å². The van der Waals surface area contributed by atoms with Crippen LogP contribution in [0.3, 0.4) is 0 Å². The van der Waals surface area contributed by atoms with Gasteiger partial charge in [0.15, 0.2) is 0 Å². The van der Waals surface area contributed by atoms with Crippen molar-refractivity contribution in [3.8, 4) is 11.1 Å². The molecule has 1 unspecified atom stereocenters. The van der Waals surface area contributed by atoms with Crippen LogP contribution in [0.2, 0.25) is 0 Å². The highest BCUT2D eigenvalue weighted by atomic mass is 16.2. The molecule has 0 bridgehead atoms. The molecule has 172 valence electrons. The van der Waals surface area contributed by atoms with Gasteiger partial charge >= 0.3 is 0 Å². The van der Waals surface area contributed by atoms with E-state index in [2.05, 4.69) is 32.8 Å².